The summed E-state index contributed by atoms with van der Waals surface area (Å²) < 4.78 is 19.0. The van der Waals surface area contributed by atoms with Gasteiger partial charge in [0.25, 0.3) is 0 Å². The van der Waals surface area contributed by atoms with Crippen molar-refractivity contribution >= 4 is 11.9 Å². The van der Waals surface area contributed by atoms with Gasteiger partial charge in [0.2, 0.25) is 5.91 Å². The van der Waals surface area contributed by atoms with E-state index in [4.69, 9.17) is 4.74 Å². The fraction of sp³-hybridized carbons (Fsp3) is 0.579. The maximum atomic E-state index is 13.2. The highest BCUT2D eigenvalue weighted by Gasteiger charge is 2.10. The van der Waals surface area contributed by atoms with Crippen LogP contribution >= 0.6 is 0 Å². The highest BCUT2D eigenvalue weighted by atomic mass is 19.1. The summed E-state index contributed by atoms with van der Waals surface area (Å²) in [5, 5.41) is 9.20. The molecule has 2 atom stereocenters. The summed E-state index contributed by atoms with van der Waals surface area (Å²) >= 11 is 0. The Morgan fingerprint density at radius 2 is 2.04 bits per heavy atom. The number of hydrogen-bond acceptors (Lipinski definition) is 3. The fourth-order valence-electron chi connectivity index (χ4n) is 2.18. The van der Waals surface area contributed by atoms with Gasteiger partial charge in [-0.15, -0.1) is 0 Å². The van der Waals surface area contributed by atoms with E-state index in [1.54, 1.807) is 19.2 Å². The first-order chi connectivity index (χ1) is 12.5. The Labute approximate surface area is 155 Å². The third-order valence-corrected chi connectivity index (χ3v) is 3.94. The third-order valence-electron chi connectivity index (χ3n) is 3.94. The van der Waals surface area contributed by atoms with E-state index in [2.05, 4.69) is 20.9 Å². The lowest BCUT2D eigenvalue weighted by Gasteiger charge is -2.20. The maximum Gasteiger partial charge on any atom is 0.221 e. The summed E-state index contributed by atoms with van der Waals surface area (Å²) in [6, 6.07) is 6.29. The summed E-state index contributed by atoms with van der Waals surface area (Å²) in [7, 11) is 1.67. The molecular weight excluding hydrogens is 335 g/mol. The lowest BCUT2D eigenvalue weighted by Crippen LogP contribution is -2.43. The second-order valence-corrected chi connectivity index (χ2v) is 6.11. The van der Waals surface area contributed by atoms with Crippen molar-refractivity contribution in [2.75, 3.05) is 20.1 Å². The number of nitrogens with one attached hydrogen (secondary N) is 3. The van der Waals surface area contributed by atoms with Crippen LogP contribution in [0.4, 0.5) is 4.39 Å². The van der Waals surface area contributed by atoms with Crippen molar-refractivity contribution in [1.82, 2.24) is 16.0 Å². The number of carbonyl (C=O) groups excluding carboxylic acids is 1. The summed E-state index contributed by atoms with van der Waals surface area (Å²) in [6.07, 6.45) is 1.93. The maximum absolute atomic E-state index is 13.2. The number of carbonyl (C=O) groups is 1. The van der Waals surface area contributed by atoms with Crippen LogP contribution in [-0.4, -0.2) is 44.1 Å². The molecule has 26 heavy (non-hydrogen) atoms. The molecule has 3 N–H and O–H groups in total. The molecular formula is C19H31FN4O2. The minimum atomic E-state index is -0.321. The Hall–Kier alpha value is -2.31. The zero-order valence-electron chi connectivity index (χ0n) is 16.1. The van der Waals surface area contributed by atoms with E-state index in [-0.39, 0.29) is 23.9 Å². The molecule has 0 aliphatic carbocycles. The SMILES string of the molecule is CCC(C)NC(=O)CCNC(=NC)NCC(CC)Oc1cccc(F)c1. The molecule has 1 rings (SSSR count). The van der Waals surface area contributed by atoms with Gasteiger partial charge in [-0.2, -0.15) is 0 Å². The van der Waals surface area contributed by atoms with Crippen molar-refractivity contribution in [2.24, 2.45) is 4.99 Å². The molecule has 0 saturated carbocycles. The number of nitrogens with zero attached hydrogens (tertiary/aromatic N) is 1. The first kappa shape index (κ1) is 21.7. The van der Waals surface area contributed by atoms with Crippen LogP contribution in [-0.2, 0) is 4.79 Å². The summed E-state index contributed by atoms with van der Waals surface area (Å²) in [5.41, 5.74) is 0. The molecule has 1 aromatic rings. The van der Waals surface area contributed by atoms with Crippen LogP contribution in [0.1, 0.15) is 40.0 Å². The van der Waals surface area contributed by atoms with Crippen LogP contribution in [0.15, 0.2) is 29.3 Å². The minimum absolute atomic E-state index is 0.0168. The Balaban J connectivity index is 2.36. The Morgan fingerprint density at radius 3 is 2.65 bits per heavy atom. The Kier molecular flexibility index (Phi) is 10.1. The molecule has 0 bridgehead atoms. The summed E-state index contributed by atoms with van der Waals surface area (Å²) in [4.78, 5) is 15.9. The van der Waals surface area contributed by atoms with Gasteiger partial charge in [0.05, 0.1) is 6.54 Å². The van der Waals surface area contributed by atoms with Gasteiger partial charge in [0.1, 0.15) is 17.7 Å². The predicted octanol–water partition coefficient (Wildman–Crippen LogP) is 2.45. The average molecular weight is 366 g/mol. The number of rotatable bonds is 10. The molecule has 0 aliphatic rings. The molecule has 6 nitrogen and oxygen atoms in total. The quantitative estimate of drug-likeness (QED) is 0.439. The highest BCUT2D eigenvalue weighted by Crippen LogP contribution is 2.14. The largest absolute Gasteiger partial charge is 0.489 e. The molecule has 1 amide bonds. The van der Waals surface area contributed by atoms with E-state index >= 15 is 0 Å². The van der Waals surface area contributed by atoms with Crippen molar-refractivity contribution in [3.8, 4) is 5.75 Å². The summed E-state index contributed by atoms with van der Waals surface area (Å²) in [6.45, 7) is 7.02. The second-order valence-electron chi connectivity index (χ2n) is 6.11. The molecule has 7 heteroatoms. The van der Waals surface area contributed by atoms with Crippen molar-refractivity contribution in [1.29, 1.82) is 0 Å². The van der Waals surface area contributed by atoms with Gasteiger partial charge in [-0.1, -0.05) is 19.9 Å². The van der Waals surface area contributed by atoms with Crippen LogP contribution in [0.25, 0.3) is 0 Å². The van der Waals surface area contributed by atoms with Crippen molar-refractivity contribution in [3.05, 3.63) is 30.1 Å². The zero-order valence-corrected chi connectivity index (χ0v) is 16.1. The molecule has 0 radical (unpaired) electrons. The van der Waals surface area contributed by atoms with Crippen molar-refractivity contribution < 1.29 is 13.9 Å². The molecule has 0 aliphatic heterocycles. The highest BCUT2D eigenvalue weighted by molar-refractivity contribution is 5.81. The van der Waals surface area contributed by atoms with Gasteiger partial charge in [-0.25, -0.2) is 4.39 Å². The zero-order chi connectivity index (χ0) is 19.4. The van der Waals surface area contributed by atoms with Crippen LogP contribution in [0, 0.1) is 5.82 Å². The molecule has 0 fully saturated rings. The van der Waals surface area contributed by atoms with Crippen LogP contribution in [0.3, 0.4) is 0 Å². The second kappa shape index (κ2) is 12.1. The average Bonchev–Trinajstić information content (AvgIpc) is 2.63. The van der Waals surface area contributed by atoms with Crippen molar-refractivity contribution in [2.45, 2.75) is 52.2 Å². The predicted molar refractivity (Wildman–Crippen MR) is 103 cm³/mol. The summed E-state index contributed by atoms with van der Waals surface area (Å²) in [5.74, 6) is 0.799. The number of ether oxygens (including phenoxy) is 1. The van der Waals surface area contributed by atoms with E-state index in [0.717, 1.165) is 12.8 Å². The van der Waals surface area contributed by atoms with E-state index in [1.807, 2.05) is 20.8 Å². The van der Waals surface area contributed by atoms with Crippen LogP contribution in [0.5, 0.6) is 5.75 Å². The molecule has 0 heterocycles. The lowest BCUT2D eigenvalue weighted by molar-refractivity contribution is -0.121. The third kappa shape index (κ3) is 8.69. The first-order valence-corrected chi connectivity index (χ1v) is 9.14. The Morgan fingerprint density at radius 1 is 1.27 bits per heavy atom. The smallest absolute Gasteiger partial charge is 0.221 e. The van der Waals surface area contributed by atoms with Gasteiger partial charge < -0.3 is 20.7 Å². The monoisotopic (exact) mass is 366 g/mol. The minimum Gasteiger partial charge on any atom is -0.489 e. The normalized spacial score (nSPS) is 13.7. The lowest BCUT2D eigenvalue weighted by atomic mass is 10.2. The number of amides is 1. The first-order valence-electron chi connectivity index (χ1n) is 9.14. The van der Waals surface area contributed by atoms with Gasteiger partial charge in [0, 0.05) is 32.1 Å². The molecule has 1 aromatic carbocycles. The van der Waals surface area contributed by atoms with E-state index < -0.39 is 0 Å². The number of hydrogen-bond donors (Lipinski definition) is 3. The molecule has 2 unspecified atom stereocenters. The Bertz CT molecular complexity index is 580. The molecule has 0 saturated heterocycles. The van der Waals surface area contributed by atoms with Crippen LogP contribution in [0.2, 0.25) is 0 Å². The molecule has 0 aromatic heterocycles. The van der Waals surface area contributed by atoms with E-state index in [0.29, 0.717) is 31.2 Å². The van der Waals surface area contributed by atoms with Gasteiger partial charge in [-0.3, -0.25) is 9.79 Å². The molecule has 0 spiro atoms. The topological polar surface area (TPSA) is 74.8 Å². The van der Waals surface area contributed by atoms with Gasteiger partial charge >= 0.3 is 0 Å². The van der Waals surface area contributed by atoms with E-state index in [1.165, 1.54) is 12.1 Å². The van der Waals surface area contributed by atoms with Crippen LogP contribution < -0.4 is 20.7 Å². The van der Waals surface area contributed by atoms with Gasteiger partial charge in [-0.05, 0) is 31.9 Å². The van der Waals surface area contributed by atoms with Gasteiger partial charge in [0.15, 0.2) is 5.96 Å². The fourth-order valence-corrected chi connectivity index (χ4v) is 2.18. The number of benzene rings is 1. The number of guanidine groups is 1. The molecule has 146 valence electrons. The standard InChI is InChI=1S/C19H31FN4O2/c1-5-14(3)24-18(25)10-11-22-19(21-4)23-13-16(6-2)26-17-9-7-8-15(20)12-17/h7-9,12,14,16H,5-6,10-11,13H2,1-4H3,(H,24,25)(H2,21,22,23). The number of aliphatic imine (C=N–C) groups is 1. The van der Waals surface area contributed by atoms with Crippen molar-refractivity contribution in [3.63, 3.8) is 0 Å². The number of halogens is 1. The van der Waals surface area contributed by atoms with E-state index in [9.17, 15) is 9.18 Å².